The lowest BCUT2D eigenvalue weighted by Gasteiger charge is -2.02. The van der Waals surface area contributed by atoms with Crippen molar-refractivity contribution < 1.29 is 9.53 Å². The first-order chi connectivity index (χ1) is 9.10. The Balaban J connectivity index is 2.13. The standard InChI is InChI=1S/C13H12Cl2N2O2/c1-2-19-13(18)11-7-16-12(17-11)5-8-3-4-9(14)6-10(8)15/h3-4,6-7H,2,5H2,1H3,(H,16,17). The molecule has 0 aliphatic heterocycles. The molecule has 0 fully saturated rings. The van der Waals surface area contributed by atoms with Gasteiger partial charge in [-0.15, -0.1) is 0 Å². The van der Waals surface area contributed by atoms with E-state index in [0.29, 0.717) is 34.6 Å². The molecule has 19 heavy (non-hydrogen) atoms. The second-order valence-corrected chi connectivity index (χ2v) is 4.72. The summed E-state index contributed by atoms with van der Waals surface area (Å²) in [5, 5.41) is 1.15. The highest BCUT2D eigenvalue weighted by atomic mass is 35.5. The quantitative estimate of drug-likeness (QED) is 0.879. The van der Waals surface area contributed by atoms with Crippen LogP contribution in [0.2, 0.25) is 10.0 Å². The summed E-state index contributed by atoms with van der Waals surface area (Å²) in [6.07, 6.45) is 1.95. The van der Waals surface area contributed by atoms with Crippen LogP contribution in [0.25, 0.3) is 0 Å². The fourth-order valence-corrected chi connectivity index (χ4v) is 2.09. The summed E-state index contributed by atoms with van der Waals surface area (Å²) in [4.78, 5) is 18.5. The van der Waals surface area contributed by atoms with Crippen molar-refractivity contribution in [2.24, 2.45) is 0 Å². The fourth-order valence-electron chi connectivity index (χ4n) is 1.61. The number of aromatic nitrogens is 2. The summed E-state index contributed by atoms with van der Waals surface area (Å²) in [6, 6.07) is 5.27. The van der Waals surface area contributed by atoms with Crippen molar-refractivity contribution >= 4 is 29.2 Å². The maximum Gasteiger partial charge on any atom is 0.356 e. The number of hydrogen-bond donors (Lipinski definition) is 1. The molecule has 0 radical (unpaired) electrons. The molecule has 0 saturated carbocycles. The Kier molecular flexibility index (Phi) is 4.45. The molecular formula is C13H12Cl2N2O2. The van der Waals surface area contributed by atoms with Crippen LogP contribution >= 0.6 is 23.2 Å². The van der Waals surface area contributed by atoms with Crippen LogP contribution in [-0.4, -0.2) is 22.5 Å². The van der Waals surface area contributed by atoms with Gasteiger partial charge in [-0.2, -0.15) is 0 Å². The van der Waals surface area contributed by atoms with Crippen LogP contribution in [0.4, 0.5) is 0 Å². The van der Waals surface area contributed by atoms with Gasteiger partial charge in [0.05, 0.1) is 12.8 Å². The van der Waals surface area contributed by atoms with Crippen molar-refractivity contribution in [3.8, 4) is 0 Å². The van der Waals surface area contributed by atoms with E-state index in [9.17, 15) is 4.79 Å². The summed E-state index contributed by atoms with van der Waals surface area (Å²) in [5.41, 5.74) is 1.22. The van der Waals surface area contributed by atoms with Crippen LogP contribution in [0.15, 0.2) is 24.4 Å². The average Bonchev–Trinajstić information content (AvgIpc) is 2.82. The number of esters is 1. The molecule has 1 N–H and O–H groups in total. The second-order valence-electron chi connectivity index (χ2n) is 3.88. The molecule has 0 spiro atoms. The second kappa shape index (κ2) is 6.08. The van der Waals surface area contributed by atoms with Gasteiger partial charge < -0.3 is 9.72 Å². The van der Waals surface area contributed by atoms with Gasteiger partial charge in [0.1, 0.15) is 11.5 Å². The van der Waals surface area contributed by atoms with E-state index in [0.717, 1.165) is 5.56 Å². The molecule has 0 atom stereocenters. The van der Waals surface area contributed by atoms with Gasteiger partial charge in [-0.3, -0.25) is 0 Å². The summed E-state index contributed by atoms with van der Waals surface area (Å²) in [7, 11) is 0. The molecule has 0 unspecified atom stereocenters. The van der Waals surface area contributed by atoms with Gasteiger partial charge in [-0.1, -0.05) is 29.3 Å². The minimum atomic E-state index is -0.413. The molecule has 100 valence electrons. The Labute approximate surface area is 120 Å². The number of benzene rings is 1. The maximum absolute atomic E-state index is 11.5. The van der Waals surface area contributed by atoms with E-state index >= 15 is 0 Å². The third kappa shape index (κ3) is 3.49. The number of aromatic amines is 1. The smallest absolute Gasteiger partial charge is 0.356 e. The first kappa shape index (κ1) is 13.9. The lowest BCUT2D eigenvalue weighted by molar-refractivity contribution is 0.0520. The lowest BCUT2D eigenvalue weighted by atomic mass is 10.1. The molecule has 0 aliphatic carbocycles. The Morgan fingerprint density at radius 2 is 2.21 bits per heavy atom. The number of carbonyl (C=O) groups excluding carboxylic acids is 1. The molecule has 2 aromatic rings. The van der Waals surface area contributed by atoms with Gasteiger partial charge >= 0.3 is 5.97 Å². The van der Waals surface area contributed by atoms with Crippen LogP contribution in [0, 0.1) is 0 Å². The highest BCUT2D eigenvalue weighted by Gasteiger charge is 2.11. The van der Waals surface area contributed by atoms with Crippen LogP contribution in [0.5, 0.6) is 0 Å². The number of nitrogens with one attached hydrogen (secondary N) is 1. The third-order valence-electron chi connectivity index (χ3n) is 2.50. The SMILES string of the molecule is CCOC(=O)c1cnc(Cc2ccc(Cl)cc2Cl)[nH]1. The number of rotatable bonds is 4. The number of ether oxygens (including phenoxy) is 1. The summed E-state index contributed by atoms with van der Waals surface area (Å²) in [5.74, 6) is 0.232. The number of carbonyl (C=O) groups is 1. The molecule has 1 heterocycles. The summed E-state index contributed by atoms with van der Waals surface area (Å²) in [6.45, 7) is 2.08. The zero-order valence-corrected chi connectivity index (χ0v) is 11.8. The van der Waals surface area contributed by atoms with E-state index in [4.69, 9.17) is 27.9 Å². The van der Waals surface area contributed by atoms with Crippen molar-refractivity contribution in [3.05, 3.63) is 51.5 Å². The van der Waals surface area contributed by atoms with Crippen LogP contribution in [0.3, 0.4) is 0 Å². The third-order valence-corrected chi connectivity index (χ3v) is 3.08. The first-order valence-corrected chi connectivity index (χ1v) is 6.50. The molecule has 0 aliphatic rings. The average molecular weight is 299 g/mol. The molecule has 1 aromatic carbocycles. The topological polar surface area (TPSA) is 55.0 Å². The normalized spacial score (nSPS) is 10.5. The number of hydrogen-bond acceptors (Lipinski definition) is 3. The summed E-state index contributed by atoms with van der Waals surface area (Å²) < 4.78 is 4.88. The zero-order valence-electron chi connectivity index (χ0n) is 10.2. The van der Waals surface area contributed by atoms with Gasteiger partial charge in [0, 0.05) is 16.5 Å². The molecule has 0 amide bonds. The van der Waals surface area contributed by atoms with E-state index in [1.165, 1.54) is 6.20 Å². The fraction of sp³-hybridized carbons (Fsp3) is 0.231. The Morgan fingerprint density at radius 3 is 2.89 bits per heavy atom. The first-order valence-electron chi connectivity index (χ1n) is 5.75. The highest BCUT2D eigenvalue weighted by Crippen LogP contribution is 2.22. The van der Waals surface area contributed by atoms with Crippen LogP contribution < -0.4 is 0 Å². The zero-order chi connectivity index (χ0) is 13.8. The molecule has 0 saturated heterocycles. The number of halogens is 2. The van der Waals surface area contributed by atoms with Crippen molar-refractivity contribution in [2.75, 3.05) is 6.61 Å². The monoisotopic (exact) mass is 298 g/mol. The largest absolute Gasteiger partial charge is 0.461 e. The van der Waals surface area contributed by atoms with Crippen molar-refractivity contribution in [2.45, 2.75) is 13.3 Å². The Bertz CT molecular complexity index is 596. The molecule has 2 rings (SSSR count). The maximum atomic E-state index is 11.5. The molecule has 6 heteroatoms. The predicted molar refractivity (Wildman–Crippen MR) is 73.8 cm³/mol. The van der Waals surface area contributed by atoms with E-state index in [1.807, 2.05) is 6.07 Å². The highest BCUT2D eigenvalue weighted by molar-refractivity contribution is 6.35. The summed E-state index contributed by atoms with van der Waals surface area (Å²) >= 11 is 11.9. The molecule has 0 bridgehead atoms. The predicted octanol–water partition coefficient (Wildman–Crippen LogP) is 3.48. The van der Waals surface area contributed by atoms with Gasteiger partial charge in [-0.05, 0) is 24.6 Å². The van der Waals surface area contributed by atoms with Crippen molar-refractivity contribution in [1.82, 2.24) is 9.97 Å². The number of nitrogens with zero attached hydrogens (tertiary/aromatic N) is 1. The Hall–Kier alpha value is -1.52. The molecule has 4 nitrogen and oxygen atoms in total. The van der Waals surface area contributed by atoms with E-state index in [1.54, 1.807) is 19.1 Å². The number of imidazole rings is 1. The van der Waals surface area contributed by atoms with E-state index in [-0.39, 0.29) is 0 Å². The van der Waals surface area contributed by atoms with Gasteiger partial charge in [0.15, 0.2) is 0 Å². The lowest BCUT2D eigenvalue weighted by Crippen LogP contribution is -2.05. The van der Waals surface area contributed by atoms with Crippen molar-refractivity contribution in [1.29, 1.82) is 0 Å². The minimum Gasteiger partial charge on any atom is -0.461 e. The van der Waals surface area contributed by atoms with Gasteiger partial charge in [-0.25, -0.2) is 9.78 Å². The van der Waals surface area contributed by atoms with Crippen LogP contribution in [-0.2, 0) is 11.2 Å². The Morgan fingerprint density at radius 1 is 1.42 bits per heavy atom. The van der Waals surface area contributed by atoms with E-state index < -0.39 is 5.97 Å². The van der Waals surface area contributed by atoms with Crippen LogP contribution in [0.1, 0.15) is 28.8 Å². The minimum absolute atomic E-state index is 0.330. The van der Waals surface area contributed by atoms with Gasteiger partial charge in [0.2, 0.25) is 0 Å². The number of H-pyrrole nitrogens is 1. The van der Waals surface area contributed by atoms with Gasteiger partial charge in [0.25, 0.3) is 0 Å². The molecular weight excluding hydrogens is 287 g/mol. The van der Waals surface area contributed by atoms with Crippen molar-refractivity contribution in [3.63, 3.8) is 0 Å². The molecule has 1 aromatic heterocycles. The van der Waals surface area contributed by atoms with E-state index in [2.05, 4.69) is 9.97 Å².